The van der Waals surface area contributed by atoms with Crippen LogP contribution in [-0.2, 0) is 22.5 Å². The summed E-state index contributed by atoms with van der Waals surface area (Å²) < 4.78 is 13.8. The van der Waals surface area contributed by atoms with Gasteiger partial charge in [0, 0.05) is 26.1 Å². The van der Waals surface area contributed by atoms with Crippen LogP contribution in [0.2, 0.25) is 0 Å². The van der Waals surface area contributed by atoms with E-state index >= 15 is 0 Å². The number of hydrogen-bond acceptors (Lipinski definition) is 4. The Balaban J connectivity index is 1.21. The normalized spacial score (nSPS) is 15.5. The minimum Gasteiger partial charge on any atom is -0.494 e. The predicted molar refractivity (Wildman–Crippen MR) is 140 cm³/mol. The summed E-state index contributed by atoms with van der Waals surface area (Å²) in [6, 6.07) is 14.8. The fourth-order valence-electron chi connectivity index (χ4n) is 4.84. The maximum atomic E-state index is 12.0. The number of carbonyl (C=O) groups is 1. The largest absolute Gasteiger partial charge is 0.494 e. The molecule has 0 bridgehead atoms. The monoisotopic (exact) mass is 477 g/mol. The lowest BCUT2D eigenvalue weighted by Gasteiger charge is -2.11. The molecule has 3 aromatic rings. The smallest absolute Gasteiger partial charge is 0.249 e. The van der Waals surface area contributed by atoms with Crippen molar-refractivity contribution in [1.82, 2.24) is 14.9 Å². The minimum atomic E-state index is -0.235. The molecule has 1 N–H and O–H groups in total. The van der Waals surface area contributed by atoms with Gasteiger partial charge in [-0.1, -0.05) is 24.6 Å². The molecular formula is C29H39N3O3. The van der Waals surface area contributed by atoms with E-state index in [9.17, 15) is 4.79 Å². The van der Waals surface area contributed by atoms with Crippen LogP contribution in [0.1, 0.15) is 61.9 Å². The summed E-state index contributed by atoms with van der Waals surface area (Å²) in [5.74, 6) is 2.17. The third-order valence-corrected chi connectivity index (χ3v) is 6.57. The van der Waals surface area contributed by atoms with Gasteiger partial charge >= 0.3 is 0 Å². The first kappa shape index (κ1) is 25.2. The molecule has 0 saturated carbocycles. The number of amides is 1. The van der Waals surface area contributed by atoms with Crippen molar-refractivity contribution in [2.45, 2.75) is 77.9 Å². The van der Waals surface area contributed by atoms with Crippen LogP contribution in [0.4, 0.5) is 0 Å². The van der Waals surface area contributed by atoms with Gasteiger partial charge in [-0.15, -0.1) is 0 Å². The Morgan fingerprint density at radius 1 is 1.09 bits per heavy atom. The molecular weight excluding hydrogens is 438 g/mol. The average molecular weight is 478 g/mol. The van der Waals surface area contributed by atoms with Gasteiger partial charge in [-0.25, -0.2) is 4.98 Å². The summed E-state index contributed by atoms with van der Waals surface area (Å²) >= 11 is 0. The molecule has 1 unspecified atom stereocenters. The Labute approximate surface area is 209 Å². The maximum absolute atomic E-state index is 12.0. The first-order valence-corrected chi connectivity index (χ1v) is 13.1. The number of unbranched alkanes of at least 4 members (excludes halogenated alkanes) is 3. The molecule has 2 aromatic carbocycles. The summed E-state index contributed by atoms with van der Waals surface area (Å²) in [6.45, 7) is 7.31. The lowest BCUT2D eigenvalue weighted by Crippen LogP contribution is -2.34. The van der Waals surface area contributed by atoms with E-state index in [-0.39, 0.29) is 12.0 Å². The topological polar surface area (TPSA) is 65.4 Å². The molecule has 1 amide bonds. The van der Waals surface area contributed by atoms with Crippen LogP contribution in [0, 0.1) is 13.8 Å². The fraction of sp³-hybridized carbons (Fsp3) is 0.517. The quantitative estimate of drug-likeness (QED) is 0.329. The highest BCUT2D eigenvalue weighted by Crippen LogP contribution is 2.20. The third kappa shape index (κ3) is 7.31. The number of nitrogens with one attached hydrogen (secondary N) is 1. The van der Waals surface area contributed by atoms with Crippen LogP contribution in [-0.4, -0.2) is 41.3 Å². The van der Waals surface area contributed by atoms with Gasteiger partial charge in [-0.2, -0.15) is 0 Å². The van der Waals surface area contributed by atoms with Gasteiger partial charge < -0.3 is 19.4 Å². The molecule has 1 aromatic heterocycles. The van der Waals surface area contributed by atoms with Gasteiger partial charge in [0.25, 0.3) is 0 Å². The van der Waals surface area contributed by atoms with Gasteiger partial charge in [-0.3, -0.25) is 4.79 Å². The van der Waals surface area contributed by atoms with Crippen molar-refractivity contribution >= 4 is 16.9 Å². The number of aromatic nitrogens is 2. The molecule has 1 aliphatic rings. The van der Waals surface area contributed by atoms with E-state index in [0.29, 0.717) is 6.61 Å². The van der Waals surface area contributed by atoms with Crippen LogP contribution in [0.15, 0.2) is 42.5 Å². The van der Waals surface area contributed by atoms with E-state index in [1.807, 2.05) is 0 Å². The zero-order valence-corrected chi connectivity index (χ0v) is 21.2. The van der Waals surface area contributed by atoms with Crippen molar-refractivity contribution in [1.29, 1.82) is 0 Å². The van der Waals surface area contributed by atoms with Gasteiger partial charge in [0.2, 0.25) is 5.91 Å². The predicted octanol–water partition coefficient (Wildman–Crippen LogP) is 5.52. The first-order valence-electron chi connectivity index (χ1n) is 13.1. The fourth-order valence-corrected chi connectivity index (χ4v) is 4.84. The van der Waals surface area contributed by atoms with Crippen molar-refractivity contribution in [3.05, 3.63) is 59.4 Å². The summed E-state index contributed by atoms with van der Waals surface area (Å²) in [5.41, 5.74) is 4.75. The maximum Gasteiger partial charge on any atom is 0.249 e. The molecule has 188 valence electrons. The summed E-state index contributed by atoms with van der Waals surface area (Å²) in [7, 11) is 0. The zero-order valence-electron chi connectivity index (χ0n) is 21.2. The number of aryl methyl sites for hydroxylation is 4. The van der Waals surface area contributed by atoms with Crippen LogP contribution in [0.3, 0.4) is 0 Å². The lowest BCUT2D eigenvalue weighted by atomic mass is 10.1. The number of benzene rings is 2. The number of para-hydroxylation sites is 2. The molecule has 2 heterocycles. The number of hydrogen-bond donors (Lipinski definition) is 1. The van der Waals surface area contributed by atoms with Crippen LogP contribution < -0.4 is 10.1 Å². The van der Waals surface area contributed by atoms with Crippen molar-refractivity contribution in [2.24, 2.45) is 0 Å². The van der Waals surface area contributed by atoms with Gasteiger partial charge in [-0.05, 0) is 87.8 Å². The highest BCUT2D eigenvalue weighted by Gasteiger charge is 2.22. The Morgan fingerprint density at radius 2 is 1.91 bits per heavy atom. The van der Waals surface area contributed by atoms with Crippen molar-refractivity contribution in [3.63, 3.8) is 0 Å². The van der Waals surface area contributed by atoms with E-state index in [2.05, 4.69) is 66.2 Å². The molecule has 1 atom stereocenters. The molecule has 1 saturated heterocycles. The second-order valence-electron chi connectivity index (χ2n) is 9.65. The molecule has 0 aliphatic carbocycles. The standard InChI is InChI=1S/C29H39N3O3/c1-22-19-23(2)21-24(20-22)34-17-9-8-16-32-26-12-6-5-11-25(26)31-28(32)14-4-3-7-15-30-29(33)27-13-10-18-35-27/h5-6,11-12,19-21,27H,3-4,7-10,13-18H2,1-2H3,(H,30,33). The van der Waals surface area contributed by atoms with Crippen molar-refractivity contribution in [2.75, 3.05) is 19.8 Å². The number of imidazole rings is 1. The van der Waals surface area contributed by atoms with Gasteiger partial charge in [0.05, 0.1) is 17.6 Å². The van der Waals surface area contributed by atoms with E-state index < -0.39 is 0 Å². The molecule has 4 rings (SSSR count). The van der Waals surface area contributed by atoms with Crippen molar-refractivity contribution < 1.29 is 14.3 Å². The van der Waals surface area contributed by atoms with Crippen LogP contribution in [0.25, 0.3) is 11.0 Å². The molecule has 1 aliphatic heterocycles. The SMILES string of the molecule is Cc1cc(C)cc(OCCCCn2c(CCCCCNC(=O)C3CCCO3)nc3ccccc32)c1. The summed E-state index contributed by atoms with van der Waals surface area (Å²) in [4.78, 5) is 17.0. The molecule has 35 heavy (non-hydrogen) atoms. The van der Waals surface area contributed by atoms with E-state index in [4.69, 9.17) is 14.5 Å². The lowest BCUT2D eigenvalue weighted by molar-refractivity contribution is -0.130. The minimum absolute atomic E-state index is 0.0470. The molecule has 1 fully saturated rings. The summed E-state index contributed by atoms with van der Waals surface area (Å²) in [5, 5.41) is 3.02. The van der Waals surface area contributed by atoms with E-state index in [0.717, 1.165) is 88.2 Å². The van der Waals surface area contributed by atoms with Crippen LogP contribution in [0.5, 0.6) is 5.75 Å². The molecule has 6 heteroatoms. The highest BCUT2D eigenvalue weighted by atomic mass is 16.5. The Kier molecular flexibility index (Phi) is 9.18. The van der Waals surface area contributed by atoms with Gasteiger partial charge in [0.1, 0.15) is 17.7 Å². The average Bonchev–Trinajstić information content (AvgIpc) is 3.49. The van der Waals surface area contributed by atoms with Gasteiger partial charge in [0.15, 0.2) is 0 Å². The molecule has 0 radical (unpaired) electrons. The Morgan fingerprint density at radius 3 is 2.71 bits per heavy atom. The number of fused-ring (bicyclic) bond motifs is 1. The highest BCUT2D eigenvalue weighted by molar-refractivity contribution is 5.80. The Bertz CT molecular complexity index is 1080. The summed E-state index contributed by atoms with van der Waals surface area (Å²) in [6.07, 6.45) is 7.71. The first-order chi connectivity index (χ1) is 17.1. The number of rotatable bonds is 13. The second-order valence-corrected chi connectivity index (χ2v) is 9.65. The van der Waals surface area contributed by atoms with E-state index in [1.165, 1.54) is 16.6 Å². The zero-order chi connectivity index (χ0) is 24.5. The second kappa shape index (κ2) is 12.7. The molecule has 0 spiro atoms. The molecule has 6 nitrogen and oxygen atoms in total. The van der Waals surface area contributed by atoms with Crippen molar-refractivity contribution in [3.8, 4) is 5.75 Å². The number of ether oxygens (including phenoxy) is 2. The third-order valence-electron chi connectivity index (χ3n) is 6.57. The number of nitrogens with zero attached hydrogens (tertiary/aromatic N) is 2. The number of carbonyl (C=O) groups excluding carboxylic acids is 1. The van der Waals surface area contributed by atoms with Crippen LogP contribution >= 0.6 is 0 Å². The van der Waals surface area contributed by atoms with E-state index in [1.54, 1.807) is 0 Å². The Hall–Kier alpha value is -2.86.